The predicted molar refractivity (Wildman–Crippen MR) is 93.6 cm³/mol. The third-order valence-electron chi connectivity index (χ3n) is 4.12. The maximum Gasteiger partial charge on any atom is 0.254 e. The molecule has 0 aliphatic carbocycles. The lowest BCUT2D eigenvalue weighted by molar-refractivity contribution is 0.0730. The molecule has 6 nitrogen and oxygen atoms in total. The zero-order valence-electron chi connectivity index (χ0n) is 14.0. The summed E-state index contributed by atoms with van der Waals surface area (Å²) < 4.78 is 46.0. The SMILES string of the molecule is O=C(NCc1ccccc1S(=O)(=O)N1CCOCC1)c1ccccc1F. The minimum absolute atomic E-state index is 0.0209. The molecule has 2 aromatic rings. The van der Waals surface area contributed by atoms with Gasteiger partial charge in [-0.25, -0.2) is 12.8 Å². The number of morpholine rings is 1. The van der Waals surface area contributed by atoms with Crippen molar-refractivity contribution < 1.29 is 22.3 Å². The van der Waals surface area contributed by atoms with Crippen molar-refractivity contribution in [1.82, 2.24) is 9.62 Å². The second-order valence-corrected chi connectivity index (χ2v) is 7.69. The molecule has 1 saturated heterocycles. The molecule has 1 heterocycles. The van der Waals surface area contributed by atoms with E-state index in [9.17, 15) is 17.6 Å². The number of nitrogens with zero attached hydrogens (tertiary/aromatic N) is 1. The third kappa shape index (κ3) is 3.92. The maximum atomic E-state index is 13.7. The van der Waals surface area contributed by atoms with Crippen molar-refractivity contribution >= 4 is 15.9 Å². The van der Waals surface area contributed by atoms with Crippen molar-refractivity contribution in [3.63, 3.8) is 0 Å². The molecule has 0 radical (unpaired) electrons. The third-order valence-corrected chi connectivity index (χ3v) is 6.12. The fourth-order valence-electron chi connectivity index (χ4n) is 2.74. The fraction of sp³-hybridized carbons (Fsp3) is 0.278. The molecule has 0 spiro atoms. The highest BCUT2D eigenvalue weighted by Gasteiger charge is 2.28. The largest absolute Gasteiger partial charge is 0.379 e. The number of hydrogen-bond donors (Lipinski definition) is 1. The zero-order valence-corrected chi connectivity index (χ0v) is 14.8. The number of benzene rings is 2. The Balaban J connectivity index is 1.79. The van der Waals surface area contributed by atoms with Crippen LogP contribution in [-0.4, -0.2) is 44.9 Å². The zero-order chi connectivity index (χ0) is 18.6. The van der Waals surface area contributed by atoms with E-state index in [-0.39, 0.29) is 30.1 Å². The lowest BCUT2D eigenvalue weighted by Crippen LogP contribution is -2.41. The molecule has 0 aromatic heterocycles. The lowest BCUT2D eigenvalue weighted by atomic mass is 10.2. The molecule has 1 N–H and O–H groups in total. The second-order valence-electron chi connectivity index (χ2n) is 5.79. The summed E-state index contributed by atoms with van der Waals surface area (Å²) in [4.78, 5) is 12.3. The van der Waals surface area contributed by atoms with Crippen molar-refractivity contribution in [3.8, 4) is 0 Å². The van der Waals surface area contributed by atoms with Crippen LogP contribution in [0.5, 0.6) is 0 Å². The summed E-state index contributed by atoms with van der Waals surface area (Å²) in [6.07, 6.45) is 0. The highest BCUT2D eigenvalue weighted by atomic mass is 32.2. The van der Waals surface area contributed by atoms with Gasteiger partial charge in [0.25, 0.3) is 5.91 Å². The van der Waals surface area contributed by atoms with Crippen LogP contribution in [0.2, 0.25) is 0 Å². The molecule has 0 atom stereocenters. The fourth-order valence-corrected chi connectivity index (χ4v) is 4.37. The van der Waals surface area contributed by atoms with Gasteiger partial charge in [-0.3, -0.25) is 4.79 Å². The number of carbonyl (C=O) groups excluding carboxylic acids is 1. The molecule has 138 valence electrons. The van der Waals surface area contributed by atoms with Crippen LogP contribution < -0.4 is 5.32 Å². The van der Waals surface area contributed by atoms with E-state index >= 15 is 0 Å². The molecule has 3 rings (SSSR count). The molecular weight excluding hydrogens is 359 g/mol. The first-order valence-corrected chi connectivity index (χ1v) is 9.62. The van der Waals surface area contributed by atoms with Crippen LogP contribution in [0, 0.1) is 5.82 Å². The molecule has 2 aromatic carbocycles. The van der Waals surface area contributed by atoms with Gasteiger partial charge in [0.2, 0.25) is 10.0 Å². The van der Waals surface area contributed by atoms with Gasteiger partial charge in [0.05, 0.1) is 23.7 Å². The summed E-state index contributed by atoms with van der Waals surface area (Å²) in [6.45, 7) is 1.26. The van der Waals surface area contributed by atoms with Gasteiger partial charge in [0.15, 0.2) is 0 Å². The Morgan fingerprint density at radius 3 is 2.46 bits per heavy atom. The first-order chi connectivity index (χ1) is 12.5. The quantitative estimate of drug-likeness (QED) is 0.861. The second kappa shape index (κ2) is 7.94. The van der Waals surface area contributed by atoms with Crippen molar-refractivity contribution in [2.45, 2.75) is 11.4 Å². The molecule has 26 heavy (non-hydrogen) atoms. The first-order valence-electron chi connectivity index (χ1n) is 8.18. The number of rotatable bonds is 5. The molecule has 1 aliphatic heterocycles. The van der Waals surface area contributed by atoms with Crippen LogP contribution in [0.4, 0.5) is 4.39 Å². The van der Waals surface area contributed by atoms with Crippen LogP contribution in [-0.2, 0) is 21.3 Å². The topological polar surface area (TPSA) is 75.7 Å². The Bertz CT molecular complexity index is 896. The molecular formula is C18H19FN2O4S. The van der Waals surface area contributed by atoms with Crippen LogP contribution in [0.15, 0.2) is 53.4 Å². The van der Waals surface area contributed by atoms with Crippen LogP contribution in [0.1, 0.15) is 15.9 Å². The van der Waals surface area contributed by atoms with E-state index < -0.39 is 21.7 Å². The van der Waals surface area contributed by atoms with Crippen molar-refractivity contribution in [2.75, 3.05) is 26.3 Å². The van der Waals surface area contributed by atoms with Gasteiger partial charge in [0.1, 0.15) is 5.82 Å². The Hall–Kier alpha value is -2.29. The van der Waals surface area contributed by atoms with Gasteiger partial charge in [-0.1, -0.05) is 30.3 Å². The van der Waals surface area contributed by atoms with Gasteiger partial charge in [-0.15, -0.1) is 0 Å². The number of amides is 1. The van der Waals surface area contributed by atoms with E-state index in [1.54, 1.807) is 24.3 Å². The summed E-state index contributed by atoms with van der Waals surface area (Å²) in [5, 5.41) is 2.58. The van der Waals surface area contributed by atoms with Gasteiger partial charge < -0.3 is 10.1 Å². The summed E-state index contributed by atoms with van der Waals surface area (Å²) >= 11 is 0. The molecule has 0 bridgehead atoms. The average molecular weight is 378 g/mol. The lowest BCUT2D eigenvalue weighted by Gasteiger charge is -2.27. The Kier molecular flexibility index (Phi) is 5.65. The minimum Gasteiger partial charge on any atom is -0.379 e. The van der Waals surface area contributed by atoms with E-state index in [0.29, 0.717) is 18.8 Å². The maximum absolute atomic E-state index is 13.7. The monoisotopic (exact) mass is 378 g/mol. The molecule has 0 saturated carbocycles. The van der Waals surface area contributed by atoms with Gasteiger partial charge in [-0.2, -0.15) is 4.31 Å². The van der Waals surface area contributed by atoms with Gasteiger partial charge in [-0.05, 0) is 23.8 Å². The van der Waals surface area contributed by atoms with Crippen molar-refractivity contribution in [1.29, 1.82) is 0 Å². The summed E-state index contributed by atoms with van der Waals surface area (Å²) in [7, 11) is -3.69. The average Bonchev–Trinajstić information content (AvgIpc) is 2.67. The van der Waals surface area contributed by atoms with Crippen molar-refractivity contribution in [2.24, 2.45) is 0 Å². The molecule has 1 aliphatic rings. The highest BCUT2D eigenvalue weighted by molar-refractivity contribution is 7.89. The van der Waals surface area contributed by atoms with Crippen molar-refractivity contribution in [3.05, 3.63) is 65.5 Å². The van der Waals surface area contributed by atoms with Crippen LogP contribution >= 0.6 is 0 Å². The highest BCUT2D eigenvalue weighted by Crippen LogP contribution is 2.21. The summed E-state index contributed by atoms with van der Waals surface area (Å²) in [6, 6.07) is 12.1. The van der Waals surface area contributed by atoms with Crippen LogP contribution in [0.3, 0.4) is 0 Å². The van der Waals surface area contributed by atoms with E-state index in [1.165, 1.54) is 28.6 Å². The normalized spacial score (nSPS) is 15.6. The number of sulfonamides is 1. The Morgan fingerprint density at radius 2 is 1.73 bits per heavy atom. The van der Waals surface area contributed by atoms with E-state index in [1.807, 2.05) is 0 Å². The number of carbonyl (C=O) groups is 1. The number of ether oxygens (including phenoxy) is 1. The number of halogens is 1. The van der Waals surface area contributed by atoms with E-state index in [4.69, 9.17) is 4.74 Å². The Labute approximate surface area is 151 Å². The standard InChI is InChI=1S/C18H19FN2O4S/c19-16-7-3-2-6-15(16)18(22)20-13-14-5-1-4-8-17(14)26(23,24)21-9-11-25-12-10-21/h1-8H,9-13H2,(H,20,22). The molecule has 1 amide bonds. The first kappa shape index (κ1) is 18.5. The number of nitrogens with one attached hydrogen (secondary N) is 1. The van der Waals surface area contributed by atoms with Crippen LogP contribution in [0.25, 0.3) is 0 Å². The molecule has 0 unspecified atom stereocenters. The summed E-state index contributed by atoms with van der Waals surface area (Å²) in [5.74, 6) is -1.22. The predicted octanol–water partition coefficient (Wildman–Crippen LogP) is 1.78. The Morgan fingerprint density at radius 1 is 1.08 bits per heavy atom. The van der Waals surface area contributed by atoms with Gasteiger partial charge in [0, 0.05) is 19.6 Å². The van der Waals surface area contributed by atoms with E-state index in [2.05, 4.69) is 5.32 Å². The smallest absolute Gasteiger partial charge is 0.254 e. The number of hydrogen-bond acceptors (Lipinski definition) is 4. The summed E-state index contributed by atoms with van der Waals surface area (Å²) in [5.41, 5.74) is 0.365. The molecule has 1 fully saturated rings. The van der Waals surface area contributed by atoms with Gasteiger partial charge >= 0.3 is 0 Å². The van der Waals surface area contributed by atoms with E-state index in [0.717, 1.165) is 0 Å². The minimum atomic E-state index is -3.69. The molecule has 8 heteroatoms.